The second-order valence-corrected chi connectivity index (χ2v) is 7.73. The maximum absolute atomic E-state index is 3.64. The summed E-state index contributed by atoms with van der Waals surface area (Å²) >= 11 is 1.95. The number of thiophene rings is 1. The molecular weight excluding hydrogens is 250 g/mol. The Kier molecular flexibility index (Phi) is 7.09. The normalized spacial score (nSPS) is 13.7. The Morgan fingerprint density at radius 3 is 2.47 bits per heavy atom. The van der Waals surface area contributed by atoms with Crippen LogP contribution in [0.25, 0.3) is 0 Å². The smallest absolute Gasteiger partial charge is 0.0299 e. The zero-order chi connectivity index (χ0) is 14.3. The molecule has 1 N–H and O–H groups in total. The van der Waals surface area contributed by atoms with Crippen molar-refractivity contribution in [1.29, 1.82) is 0 Å². The predicted octanol–water partition coefficient (Wildman–Crippen LogP) is 5.35. The molecule has 1 aromatic heterocycles. The molecule has 0 spiro atoms. The van der Waals surface area contributed by atoms with Gasteiger partial charge in [-0.05, 0) is 36.4 Å². The van der Waals surface area contributed by atoms with Gasteiger partial charge in [0.25, 0.3) is 0 Å². The van der Waals surface area contributed by atoms with Crippen molar-refractivity contribution in [3.63, 3.8) is 0 Å². The molecule has 1 rings (SSSR count). The lowest BCUT2D eigenvalue weighted by Gasteiger charge is -2.16. The fraction of sp³-hybridized carbons (Fsp3) is 0.765. The molecule has 1 nitrogen and oxygen atoms in total. The number of hydrogen-bond acceptors (Lipinski definition) is 2. The van der Waals surface area contributed by atoms with Crippen molar-refractivity contribution < 1.29 is 0 Å². The standard InChI is InChI=1S/C17H31NS/c1-6-8-9-14(7-2)12-18-13-15-10-11-16(19-15)17(3,4)5/h10-11,14,18H,6-9,12-13H2,1-5H3. The molecular formula is C17H31NS. The zero-order valence-corrected chi connectivity index (χ0v) is 14.2. The van der Waals surface area contributed by atoms with Gasteiger partial charge in [-0.2, -0.15) is 0 Å². The van der Waals surface area contributed by atoms with E-state index in [1.165, 1.54) is 42.0 Å². The van der Waals surface area contributed by atoms with Crippen LogP contribution in [0, 0.1) is 5.92 Å². The third-order valence-electron chi connectivity index (χ3n) is 3.68. The molecule has 0 aromatic carbocycles. The van der Waals surface area contributed by atoms with E-state index in [1.54, 1.807) is 0 Å². The van der Waals surface area contributed by atoms with Gasteiger partial charge in [-0.15, -0.1) is 11.3 Å². The van der Waals surface area contributed by atoms with Gasteiger partial charge < -0.3 is 5.32 Å². The molecule has 0 bridgehead atoms. The molecule has 1 unspecified atom stereocenters. The van der Waals surface area contributed by atoms with Crippen molar-refractivity contribution >= 4 is 11.3 Å². The SMILES string of the molecule is CCCCC(CC)CNCc1ccc(C(C)(C)C)s1. The molecule has 2 heteroatoms. The van der Waals surface area contributed by atoms with Crippen molar-refractivity contribution in [2.24, 2.45) is 5.92 Å². The maximum atomic E-state index is 3.64. The molecule has 19 heavy (non-hydrogen) atoms. The van der Waals surface area contributed by atoms with Crippen LogP contribution in [-0.2, 0) is 12.0 Å². The third-order valence-corrected chi connectivity index (χ3v) is 5.19. The van der Waals surface area contributed by atoms with E-state index in [1.807, 2.05) is 11.3 Å². The monoisotopic (exact) mass is 281 g/mol. The van der Waals surface area contributed by atoms with Crippen molar-refractivity contribution in [1.82, 2.24) is 5.32 Å². The highest BCUT2D eigenvalue weighted by atomic mass is 32.1. The zero-order valence-electron chi connectivity index (χ0n) is 13.4. The molecule has 1 heterocycles. The highest BCUT2D eigenvalue weighted by molar-refractivity contribution is 7.12. The van der Waals surface area contributed by atoms with E-state index in [-0.39, 0.29) is 5.41 Å². The second-order valence-electron chi connectivity index (χ2n) is 6.56. The van der Waals surface area contributed by atoms with E-state index in [4.69, 9.17) is 0 Å². The van der Waals surface area contributed by atoms with Crippen LogP contribution in [-0.4, -0.2) is 6.54 Å². The van der Waals surface area contributed by atoms with Crippen molar-refractivity contribution in [2.75, 3.05) is 6.54 Å². The van der Waals surface area contributed by atoms with Gasteiger partial charge in [0, 0.05) is 16.3 Å². The summed E-state index contributed by atoms with van der Waals surface area (Å²) in [4.78, 5) is 2.96. The highest BCUT2D eigenvalue weighted by Gasteiger charge is 2.15. The van der Waals surface area contributed by atoms with E-state index in [9.17, 15) is 0 Å². The van der Waals surface area contributed by atoms with Crippen LogP contribution >= 0.6 is 11.3 Å². The molecule has 0 aliphatic rings. The summed E-state index contributed by atoms with van der Waals surface area (Å²) in [5, 5.41) is 3.64. The second kappa shape index (κ2) is 8.06. The highest BCUT2D eigenvalue weighted by Crippen LogP contribution is 2.29. The Bertz CT molecular complexity index is 348. The van der Waals surface area contributed by atoms with Gasteiger partial charge in [-0.1, -0.05) is 53.9 Å². The number of hydrogen-bond donors (Lipinski definition) is 1. The van der Waals surface area contributed by atoms with Gasteiger partial charge in [-0.25, -0.2) is 0 Å². The van der Waals surface area contributed by atoms with Crippen LogP contribution in [0.15, 0.2) is 12.1 Å². The first kappa shape index (κ1) is 16.7. The van der Waals surface area contributed by atoms with Crippen molar-refractivity contribution in [3.8, 4) is 0 Å². The molecule has 0 radical (unpaired) electrons. The van der Waals surface area contributed by atoms with Crippen molar-refractivity contribution in [2.45, 2.75) is 72.3 Å². The van der Waals surface area contributed by atoms with E-state index < -0.39 is 0 Å². The van der Waals surface area contributed by atoms with Crippen LogP contribution in [0.2, 0.25) is 0 Å². The lowest BCUT2D eigenvalue weighted by Crippen LogP contribution is -2.21. The van der Waals surface area contributed by atoms with E-state index in [0.29, 0.717) is 0 Å². The summed E-state index contributed by atoms with van der Waals surface area (Å²) in [6, 6.07) is 4.57. The molecule has 0 saturated carbocycles. The topological polar surface area (TPSA) is 12.0 Å². The first-order valence-corrected chi connectivity index (χ1v) is 8.59. The minimum Gasteiger partial charge on any atom is -0.312 e. The molecule has 0 fully saturated rings. The van der Waals surface area contributed by atoms with Crippen LogP contribution in [0.5, 0.6) is 0 Å². The lowest BCUT2D eigenvalue weighted by molar-refractivity contribution is 0.420. The van der Waals surface area contributed by atoms with Gasteiger partial charge >= 0.3 is 0 Å². The Hall–Kier alpha value is -0.340. The van der Waals surface area contributed by atoms with Crippen LogP contribution < -0.4 is 5.32 Å². The minimum absolute atomic E-state index is 0.288. The number of unbranched alkanes of at least 4 members (excludes halogenated alkanes) is 1. The number of rotatable bonds is 8. The largest absolute Gasteiger partial charge is 0.312 e. The predicted molar refractivity (Wildman–Crippen MR) is 88.0 cm³/mol. The Morgan fingerprint density at radius 2 is 1.95 bits per heavy atom. The molecule has 0 aliphatic carbocycles. The molecule has 0 amide bonds. The Balaban J connectivity index is 2.34. The van der Waals surface area contributed by atoms with E-state index in [0.717, 1.165) is 12.5 Å². The van der Waals surface area contributed by atoms with Gasteiger partial charge in [-0.3, -0.25) is 0 Å². The van der Waals surface area contributed by atoms with E-state index in [2.05, 4.69) is 52.1 Å². The fourth-order valence-corrected chi connectivity index (χ4v) is 3.25. The van der Waals surface area contributed by atoms with E-state index >= 15 is 0 Å². The fourth-order valence-electron chi connectivity index (χ4n) is 2.22. The average Bonchev–Trinajstić information content (AvgIpc) is 2.82. The maximum Gasteiger partial charge on any atom is 0.0299 e. The van der Waals surface area contributed by atoms with Crippen LogP contribution in [0.1, 0.15) is 70.1 Å². The molecule has 0 saturated heterocycles. The number of nitrogens with one attached hydrogen (secondary N) is 1. The minimum atomic E-state index is 0.288. The summed E-state index contributed by atoms with van der Waals surface area (Å²) in [6.07, 6.45) is 5.35. The molecule has 1 aromatic rings. The summed E-state index contributed by atoms with van der Waals surface area (Å²) in [6.45, 7) is 13.6. The van der Waals surface area contributed by atoms with Gasteiger partial charge in [0.15, 0.2) is 0 Å². The average molecular weight is 282 g/mol. The van der Waals surface area contributed by atoms with Crippen LogP contribution in [0.4, 0.5) is 0 Å². The first-order chi connectivity index (χ1) is 8.97. The van der Waals surface area contributed by atoms with Gasteiger partial charge in [0.2, 0.25) is 0 Å². The lowest BCUT2D eigenvalue weighted by atomic mass is 9.95. The van der Waals surface area contributed by atoms with Crippen molar-refractivity contribution in [3.05, 3.63) is 21.9 Å². The third kappa shape index (κ3) is 6.09. The summed E-state index contributed by atoms with van der Waals surface area (Å²) in [5.41, 5.74) is 0.288. The van der Waals surface area contributed by atoms with Gasteiger partial charge in [0.1, 0.15) is 0 Å². The van der Waals surface area contributed by atoms with Gasteiger partial charge in [0.05, 0.1) is 0 Å². The van der Waals surface area contributed by atoms with Crippen LogP contribution in [0.3, 0.4) is 0 Å². The first-order valence-electron chi connectivity index (χ1n) is 7.77. The molecule has 0 aliphatic heterocycles. The summed E-state index contributed by atoms with van der Waals surface area (Å²) < 4.78 is 0. The Morgan fingerprint density at radius 1 is 1.21 bits per heavy atom. The molecule has 1 atom stereocenters. The summed E-state index contributed by atoms with van der Waals surface area (Å²) in [7, 11) is 0. The summed E-state index contributed by atoms with van der Waals surface area (Å²) in [5.74, 6) is 0.849. The quantitative estimate of drug-likeness (QED) is 0.677. The molecule has 110 valence electrons. The Labute approximate surface area is 123 Å².